The number of hydrogen-bond donors (Lipinski definition) is 1. The number of fused-ring (bicyclic) bond motifs is 1. The van der Waals surface area contributed by atoms with Gasteiger partial charge in [0.25, 0.3) is 0 Å². The summed E-state index contributed by atoms with van der Waals surface area (Å²) in [6.45, 7) is 6.18. The highest BCUT2D eigenvalue weighted by molar-refractivity contribution is 7.99. The van der Waals surface area contributed by atoms with Crippen molar-refractivity contribution >= 4 is 40.1 Å². The Hall–Kier alpha value is -1.27. The summed E-state index contributed by atoms with van der Waals surface area (Å²) in [7, 11) is 0. The topological polar surface area (TPSA) is 54.6 Å². The summed E-state index contributed by atoms with van der Waals surface area (Å²) in [5, 5.41) is 12.1. The number of aromatic nitrogens is 2. The molecule has 0 atom stereocenters. The number of aliphatic carboxylic acids is 1. The molecule has 0 unspecified atom stereocenters. The van der Waals surface area contributed by atoms with Crippen LogP contribution in [0.1, 0.15) is 25.2 Å². The van der Waals surface area contributed by atoms with Crippen molar-refractivity contribution in [3.63, 3.8) is 0 Å². The molecule has 2 aromatic rings. The molecule has 6 heteroatoms. The summed E-state index contributed by atoms with van der Waals surface area (Å²) in [5.41, 5.74) is 1.92. The first-order valence-electron chi connectivity index (χ1n) is 5.53. The summed E-state index contributed by atoms with van der Waals surface area (Å²) in [6.07, 6.45) is 2.78. The fourth-order valence-electron chi connectivity index (χ4n) is 1.61. The Labute approximate surface area is 113 Å². The molecular weight excluding hydrogens is 268 g/mol. The van der Waals surface area contributed by atoms with E-state index in [1.165, 1.54) is 0 Å². The van der Waals surface area contributed by atoms with E-state index in [1.54, 1.807) is 29.2 Å². The van der Waals surface area contributed by atoms with Crippen molar-refractivity contribution in [2.45, 2.75) is 31.0 Å². The summed E-state index contributed by atoms with van der Waals surface area (Å²) in [6, 6.07) is 0. The molecule has 2 aromatic heterocycles. The molecule has 96 valence electrons. The Morgan fingerprint density at radius 2 is 2.33 bits per heavy atom. The van der Waals surface area contributed by atoms with Gasteiger partial charge in [-0.1, -0.05) is 13.8 Å². The first-order chi connectivity index (χ1) is 8.49. The van der Waals surface area contributed by atoms with E-state index in [0.717, 1.165) is 27.5 Å². The van der Waals surface area contributed by atoms with E-state index in [2.05, 4.69) is 18.8 Å². The zero-order chi connectivity index (χ0) is 13.3. The molecule has 0 fully saturated rings. The minimum atomic E-state index is -0.946. The highest BCUT2D eigenvalue weighted by atomic mass is 32.2. The predicted octanol–water partition coefficient (Wildman–Crippen LogP) is 3.30. The van der Waals surface area contributed by atoms with Crippen LogP contribution < -0.4 is 0 Å². The van der Waals surface area contributed by atoms with Crippen LogP contribution in [0.15, 0.2) is 16.5 Å². The number of carboxylic acids is 1. The molecule has 4 nitrogen and oxygen atoms in total. The number of rotatable bonds is 4. The van der Waals surface area contributed by atoms with Crippen molar-refractivity contribution < 1.29 is 9.90 Å². The van der Waals surface area contributed by atoms with Crippen molar-refractivity contribution in [3.05, 3.63) is 22.8 Å². The van der Waals surface area contributed by atoms with Crippen LogP contribution in [-0.4, -0.2) is 25.7 Å². The number of hydrogen-bond acceptors (Lipinski definition) is 4. The van der Waals surface area contributed by atoms with Gasteiger partial charge in [-0.25, -0.2) is 9.78 Å². The summed E-state index contributed by atoms with van der Waals surface area (Å²) < 4.78 is 1.99. The van der Waals surface area contributed by atoms with Crippen molar-refractivity contribution in [2.75, 3.05) is 0 Å². The van der Waals surface area contributed by atoms with Gasteiger partial charge in [0.15, 0.2) is 4.96 Å². The third-order valence-electron chi connectivity index (χ3n) is 2.27. The lowest BCUT2D eigenvalue weighted by atomic mass is 10.4. The van der Waals surface area contributed by atoms with Gasteiger partial charge in [-0.05, 0) is 13.0 Å². The third kappa shape index (κ3) is 2.59. The van der Waals surface area contributed by atoms with Gasteiger partial charge in [-0.15, -0.1) is 23.1 Å². The van der Waals surface area contributed by atoms with E-state index in [1.807, 2.05) is 16.7 Å². The first kappa shape index (κ1) is 13.2. The van der Waals surface area contributed by atoms with E-state index in [9.17, 15) is 4.79 Å². The average molecular weight is 282 g/mol. The summed E-state index contributed by atoms with van der Waals surface area (Å²) >= 11 is 3.21. The maximum atomic E-state index is 10.7. The monoisotopic (exact) mass is 282 g/mol. The Bertz CT molecular complexity index is 611. The fraction of sp³-hybridized carbons (Fsp3) is 0.333. The average Bonchev–Trinajstić information content (AvgIpc) is 2.76. The first-order valence-corrected chi connectivity index (χ1v) is 7.29. The fourth-order valence-corrected chi connectivity index (χ4v) is 3.41. The lowest BCUT2D eigenvalue weighted by molar-refractivity contribution is -0.131. The summed E-state index contributed by atoms with van der Waals surface area (Å²) in [5.74, 6) is -0.946. The van der Waals surface area contributed by atoms with E-state index in [0.29, 0.717) is 5.25 Å². The van der Waals surface area contributed by atoms with Crippen LogP contribution in [0, 0.1) is 6.92 Å². The molecule has 0 aromatic carbocycles. The van der Waals surface area contributed by atoms with Crippen LogP contribution >= 0.6 is 23.1 Å². The minimum Gasteiger partial charge on any atom is -0.478 e. The highest BCUT2D eigenvalue weighted by Gasteiger charge is 2.14. The Balaban J connectivity index is 2.55. The smallest absolute Gasteiger partial charge is 0.328 e. The lowest BCUT2D eigenvalue weighted by Gasteiger charge is -2.03. The van der Waals surface area contributed by atoms with Gasteiger partial charge in [0.2, 0.25) is 0 Å². The second-order valence-corrected chi connectivity index (χ2v) is 6.54. The number of aryl methyl sites for hydroxylation is 1. The van der Waals surface area contributed by atoms with Crippen molar-refractivity contribution in [1.82, 2.24) is 9.38 Å². The normalized spacial score (nSPS) is 12.0. The van der Waals surface area contributed by atoms with Gasteiger partial charge < -0.3 is 5.11 Å². The lowest BCUT2D eigenvalue weighted by Crippen LogP contribution is -1.93. The molecular formula is C12H14N2O2S2. The largest absolute Gasteiger partial charge is 0.478 e. The number of carboxylic acid groups (broad SMARTS) is 1. The van der Waals surface area contributed by atoms with Crippen molar-refractivity contribution in [3.8, 4) is 0 Å². The number of carbonyl (C=O) groups is 1. The standard InChI is InChI=1S/C12H14N2O2S2/c1-7(2)18-11-9(4-5-10(15)16)14-8(3)6-17-12(14)13-11/h4-7H,1-3H3,(H,15,16)/b5-4+. The molecule has 0 spiro atoms. The Morgan fingerprint density at radius 3 is 2.94 bits per heavy atom. The predicted molar refractivity (Wildman–Crippen MR) is 75.5 cm³/mol. The van der Waals surface area contributed by atoms with Gasteiger partial charge in [0, 0.05) is 22.4 Å². The van der Waals surface area contributed by atoms with E-state index >= 15 is 0 Å². The molecule has 2 rings (SSSR count). The molecule has 0 amide bonds. The molecule has 1 N–H and O–H groups in total. The van der Waals surface area contributed by atoms with Gasteiger partial charge in [0.05, 0.1) is 5.69 Å². The number of thioether (sulfide) groups is 1. The second-order valence-electron chi connectivity index (χ2n) is 4.14. The van der Waals surface area contributed by atoms with Crippen molar-refractivity contribution in [2.24, 2.45) is 0 Å². The quantitative estimate of drug-likeness (QED) is 0.690. The molecule has 0 bridgehead atoms. The zero-order valence-corrected chi connectivity index (χ0v) is 12.0. The molecule has 18 heavy (non-hydrogen) atoms. The zero-order valence-electron chi connectivity index (χ0n) is 10.4. The SMILES string of the molecule is Cc1csc2nc(SC(C)C)c(/C=C/C(=O)O)n12. The van der Waals surface area contributed by atoms with Crippen LogP contribution in [0.5, 0.6) is 0 Å². The summed E-state index contributed by atoms with van der Waals surface area (Å²) in [4.78, 5) is 16.1. The number of imidazole rings is 1. The highest BCUT2D eigenvalue weighted by Crippen LogP contribution is 2.30. The molecule has 0 aliphatic rings. The Morgan fingerprint density at radius 1 is 1.61 bits per heavy atom. The van der Waals surface area contributed by atoms with Crippen LogP contribution in [0.4, 0.5) is 0 Å². The van der Waals surface area contributed by atoms with Crippen LogP contribution in [0.2, 0.25) is 0 Å². The number of thiazole rings is 1. The van der Waals surface area contributed by atoms with Crippen molar-refractivity contribution in [1.29, 1.82) is 0 Å². The minimum absolute atomic E-state index is 0.409. The Kier molecular flexibility index (Phi) is 3.77. The molecule has 0 aliphatic heterocycles. The number of nitrogens with zero attached hydrogens (tertiary/aromatic N) is 2. The van der Waals surface area contributed by atoms with Crippen LogP contribution in [-0.2, 0) is 4.79 Å². The molecule has 0 saturated heterocycles. The third-order valence-corrected chi connectivity index (χ3v) is 4.21. The second kappa shape index (κ2) is 5.16. The van der Waals surface area contributed by atoms with Gasteiger partial charge in [-0.2, -0.15) is 0 Å². The van der Waals surface area contributed by atoms with Gasteiger partial charge in [-0.3, -0.25) is 4.40 Å². The van der Waals surface area contributed by atoms with Gasteiger partial charge >= 0.3 is 5.97 Å². The maximum Gasteiger partial charge on any atom is 0.328 e. The molecule has 2 heterocycles. The van der Waals surface area contributed by atoms with Gasteiger partial charge in [0.1, 0.15) is 5.03 Å². The molecule has 0 aliphatic carbocycles. The molecule has 0 radical (unpaired) electrons. The van der Waals surface area contributed by atoms with Crippen LogP contribution in [0.3, 0.4) is 0 Å². The van der Waals surface area contributed by atoms with E-state index in [-0.39, 0.29) is 0 Å². The molecule has 0 saturated carbocycles. The van der Waals surface area contributed by atoms with E-state index < -0.39 is 5.97 Å². The van der Waals surface area contributed by atoms with Crippen LogP contribution in [0.25, 0.3) is 11.0 Å². The van der Waals surface area contributed by atoms with E-state index in [4.69, 9.17) is 5.11 Å². The maximum absolute atomic E-state index is 10.7.